The van der Waals surface area contributed by atoms with E-state index in [2.05, 4.69) is 219 Å². The lowest BCUT2D eigenvalue weighted by Crippen LogP contribution is -2.47. The fraction of sp³-hybridized carbons (Fsp3) is 0.284. The first-order chi connectivity index (χ1) is 50.5. The Morgan fingerprint density at radius 3 is 1.60 bits per heavy atom. The molecule has 4 atom stereocenters. The summed E-state index contributed by atoms with van der Waals surface area (Å²) < 4.78 is 17.4. The molecular formula is C88H91Cl2N9O3S. The second-order valence-corrected chi connectivity index (χ2v) is 29.6. The van der Waals surface area contributed by atoms with E-state index in [0.717, 1.165) is 95.7 Å². The number of nitrogens with one attached hydrogen (secondary N) is 8. The zero-order chi connectivity index (χ0) is 70.3. The van der Waals surface area contributed by atoms with Crippen molar-refractivity contribution >= 4 is 84.1 Å². The summed E-state index contributed by atoms with van der Waals surface area (Å²) in [5.74, 6) is 3.44. The molecule has 18 rings (SSSR count). The second-order valence-electron chi connectivity index (χ2n) is 28.3. The molecule has 4 aliphatic heterocycles. The van der Waals surface area contributed by atoms with Crippen molar-refractivity contribution in [2.75, 3.05) is 33.3 Å². The van der Waals surface area contributed by atoms with Crippen LogP contribution < -0.4 is 35.5 Å². The number of H-pyrrole nitrogens is 4. The number of benzene rings is 9. The zero-order valence-corrected chi connectivity index (χ0v) is 61.4. The highest BCUT2D eigenvalue weighted by molar-refractivity contribution is 7.80. The summed E-state index contributed by atoms with van der Waals surface area (Å²) in [7, 11) is 1.69. The fourth-order valence-electron chi connectivity index (χ4n) is 16.2. The first-order valence-electron chi connectivity index (χ1n) is 36.7. The minimum absolute atomic E-state index is 0.0609. The van der Waals surface area contributed by atoms with Gasteiger partial charge in [-0.2, -0.15) is 0 Å². The van der Waals surface area contributed by atoms with Crippen LogP contribution in [0.3, 0.4) is 0 Å². The van der Waals surface area contributed by atoms with Gasteiger partial charge in [0, 0.05) is 102 Å². The van der Waals surface area contributed by atoms with Crippen molar-refractivity contribution in [1.82, 2.24) is 46.1 Å². The van der Waals surface area contributed by atoms with Crippen molar-refractivity contribution in [1.29, 1.82) is 0 Å². The van der Waals surface area contributed by atoms with Gasteiger partial charge in [0.25, 0.3) is 0 Å². The number of fused-ring (bicyclic) bond motifs is 12. The standard InChI is InChI=1S/C31H28N2O2.C22H25N3OS.C18H17ClN2.C17H21ClN2/c1-3-7-22(8-4-1)20-34-25-13-11-24(12-14-25)30-31-27(17-18-32-30)28-19-26(15-16-29(28)33-31)35-21-23-9-5-2-6-10-23;1-14(2)23-22(27)25-13-12-18-17-6-4-5-7-19(17)24-20(18)21(25)15-8-10-16(26-3)11-9-15;1-11-3-2-4-12(9-11)17-18-14(7-8-20-17)15-10-13(19)5-6-16(15)21-18;18-12-6-7-15-14(10-12)13-8-9-19-16(17(13)20-15)11-4-2-1-3-5-11/h1-16,19,30,32-33H,17-18,20-21H2;4-11,14,21,24H,12-13H2,1-3H3,(H,23,27);2-6,9-10,17,20-21H,7-8H2,1H3;6-7,10-11,16,19-20H,1-5,8-9H2. The Labute approximate surface area is 619 Å². The van der Waals surface area contributed by atoms with Crippen LogP contribution in [0.25, 0.3) is 43.6 Å². The Kier molecular flexibility index (Phi) is 21.4. The van der Waals surface area contributed by atoms with Gasteiger partial charge in [0.15, 0.2) is 5.11 Å². The van der Waals surface area contributed by atoms with Crippen molar-refractivity contribution in [3.63, 3.8) is 0 Å². The van der Waals surface area contributed by atoms with E-state index in [1.165, 1.54) is 149 Å². The number of hydrogen-bond donors (Lipinski definition) is 8. The Morgan fingerprint density at radius 1 is 0.476 bits per heavy atom. The number of rotatable bonds is 12. The van der Waals surface area contributed by atoms with Crippen molar-refractivity contribution in [2.24, 2.45) is 5.92 Å². The third-order valence-electron chi connectivity index (χ3n) is 21.1. The van der Waals surface area contributed by atoms with E-state index in [4.69, 9.17) is 49.6 Å². The summed E-state index contributed by atoms with van der Waals surface area (Å²) in [4.78, 5) is 16.9. The van der Waals surface area contributed by atoms with Gasteiger partial charge in [-0.05, 0) is 219 Å². The maximum Gasteiger partial charge on any atom is 0.169 e. The number of aromatic nitrogens is 4. The topological polar surface area (TPSA) is 142 Å². The third-order valence-corrected chi connectivity index (χ3v) is 22.0. The Hall–Kier alpha value is -9.31. The number of thiocarbonyl (C=S) groups is 1. The van der Waals surface area contributed by atoms with Crippen molar-refractivity contribution in [2.45, 2.75) is 122 Å². The van der Waals surface area contributed by atoms with Crippen molar-refractivity contribution < 1.29 is 14.2 Å². The number of halogens is 2. The predicted octanol–water partition coefficient (Wildman–Crippen LogP) is 19.9. The largest absolute Gasteiger partial charge is 0.497 e. The maximum atomic E-state index is 6.17. The van der Waals surface area contributed by atoms with Crippen LogP contribution in [-0.4, -0.2) is 69.3 Å². The summed E-state index contributed by atoms with van der Waals surface area (Å²) in [6.07, 6.45) is 11.1. The quantitative estimate of drug-likeness (QED) is 0.0561. The molecule has 1 aliphatic carbocycles. The molecule has 12 nitrogen and oxygen atoms in total. The Bertz CT molecular complexity index is 5060. The normalized spacial score (nSPS) is 17.7. The van der Waals surface area contributed by atoms with E-state index in [-0.39, 0.29) is 18.1 Å². The maximum absolute atomic E-state index is 6.17. The monoisotopic (exact) mass is 1420 g/mol. The molecule has 15 heteroatoms. The molecule has 0 amide bonds. The molecule has 0 spiro atoms. The van der Waals surface area contributed by atoms with E-state index in [9.17, 15) is 0 Å². The van der Waals surface area contributed by atoms with Crippen LogP contribution in [0.4, 0.5) is 0 Å². The summed E-state index contributed by atoms with van der Waals surface area (Å²) in [5, 5.41) is 22.1. The molecule has 0 saturated heterocycles. The van der Waals surface area contributed by atoms with Crippen LogP contribution in [0.5, 0.6) is 17.2 Å². The summed E-state index contributed by atoms with van der Waals surface area (Å²) in [6, 6.07) is 74.4. The average molecular weight is 1430 g/mol. The predicted molar refractivity (Wildman–Crippen MR) is 427 cm³/mol. The van der Waals surface area contributed by atoms with Crippen LogP contribution in [0.15, 0.2) is 212 Å². The Balaban J connectivity index is 0.000000114. The first kappa shape index (κ1) is 69.4. The molecule has 1 saturated carbocycles. The smallest absolute Gasteiger partial charge is 0.169 e. The summed E-state index contributed by atoms with van der Waals surface area (Å²) in [5.41, 5.74) is 23.0. The van der Waals surface area contributed by atoms with Crippen LogP contribution in [0.2, 0.25) is 10.0 Å². The van der Waals surface area contributed by atoms with Crippen LogP contribution in [0.1, 0.15) is 149 Å². The molecule has 0 bridgehead atoms. The number of hydrogen-bond acceptors (Lipinski definition) is 7. The molecule has 13 aromatic rings. The molecule has 1 fully saturated rings. The van der Waals surface area contributed by atoms with Crippen LogP contribution in [-0.2, 0) is 38.9 Å². The molecule has 4 unspecified atom stereocenters. The number of ether oxygens (including phenoxy) is 3. The average Bonchev–Trinajstić information content (AvgIpc) is 1.66. The fourth-order valence-corrected chi connectivity index (χ4v) is 17.0. The molecule has 526 valence electrons. The van der Waals surface area contributed by atoms with Gasteiger partial charge < -0.3 is 60.3 Å². The lowest BCUT2D eigenvalue weighted by Gasteiger charge is -2.38. The van der Waals surface area contributed by atoms with Crippen molar-refractivity contribution in [3.8, 4) is 17.2 Å². The number of aromatic amines is 4. The number of methoxy groups -OCH3 is 1. The third kappa shape index (κ3) is 15.5. The first-order valence-corrected chi connectivity index (χ1v) is 37.9. The lowest BCUT2D eigenvalue weighted by atomic mass is 9.80. The Morgan fingerprint density at radius 2 is 0.981 bits per heavy atom. The van der Waals surface area contributed by atoms with Gasteiger partial charge in [-0.3, -0.25) is 0 Å². The minimum atomic E-state index is 0.0609. The van der Waals surface area contributed by atoms with Crippen molar-refractivity contribution in [3.05, 3.63) is 301 Å². The van der Waals surface area contributed by atoms with Crippen LogP contribution >= 0.6 is 35.4 Å². The summed E-state index contributed by atoms with van der Waals surface area (Å²) in [6.45, 7) is 11.4. The SMILES string of the molecule is COc1ccc(C2c3[nH]c4ccccc4c3CCN2C(=S)NC(C)C)cc1.Cc1cccc(C2NCCc3c2[nH]c2ccc(Cl)cc32)c1.Clc1ccc2[nH]c3c(c2c1)CCNC3C1CCCCC1.c1ccc(COc2ccc(C3NCCc4c3[nH]c3ccc(OCc5ccccc5)cc43)cc2)cc1. The van der Waals surface area contributed by atoms with E-state index >= 15 is 0 Å². The van der Waals surface area contributed by atoms with Gasteiger partial charge in [-0.15, -0.1) is 0 Å². The highest BCUT2D eigenvalue weighted by atomic mass is 35.5. The molecule has 0 radical (unpaired) electrons. The van der Waals surface area contributed by atoms with Crippen LogP contribution in [0, 0.1) is 12.8 Å². The highest BCUT2D eigenvalue weighted by Crippen LogP contribution is 2.43. The molecule has 4 aromatic heterocycles. The number of para-hydroxylation sites is 1. The molecule has 103 heavy (non-hydrogen) atoms. The van der Waals surface area contributed by atoms with Gasteiger partial charge in [0.2, 0.25) is 0 Å². The van der Waals surface area contributed by atoms with E-state index in [1.807, 2.05) is 60.7 Å². The molecule has 8 heterocycles. The van der Waals surface area contributed by atoms with Gasteiger partial charge in [0.05, 0.1) is 31.3 Å². The zero-order valence-electron chi connectivity index (χ0n) is 59.1. The van der Waals surface area contributed by atoms with E-state index in [1.54, 1.807) is 7.11 Å². The van der Waals surface area contributed by atoms with Gasteiger partial charge >= 0.3 is 0 Å². The molecule has 8 N–H and O–H groups in total. The highest BCUT2D eigenvalue weighted by Gasteiger charge is 2.35. The number of nitrogens with zero attached hydrogens (tertiary/aromatic N) is 1. The van der Waals surface area contributed by atoms with E-state index < -0.39 is 0 Å². The van der Waals surface area contributed by atoms with E-state index in [0.29, 0.717) is 25.3 Å². The second kappa shape index (κ2) is 31.7. The van der Waals surface area contributed by atoms with Gasteiger partial charge in [-0.25, -0.2) is 0 Å². The minimum Gasteiger partial charge on any atom is -0.497 e. The molecule has 5 aliphatic rings. The van der Waals surface area contributed by atoms with Gasteiger partial charge in [0.1, 0.15) is 30.5 Å². The molecular weight excluding hydrogens is 1330 g/mol. The van der Waals surface area contributed by atoms with Gasteiger partial charge in [-0.1, -0.05) is 175 Å². The number of aryl methyl sites for hydroxylation is 1. The molecule has 9 aromatic carbocycles. The lowest BCUT2D eigenvalue weighted by molar-refractivity contribution is 0.262. The summed E-state index contributed by atoms with van der Waals surface area (Å²) >= 11 is 18.1.